The Morgan fingerprint density at radius 2 is 1.44 bits per heavy atom. The molecule has 1 aliphatic heterocycles. The molecule has 0 radical (unpaired) electrons. The average Bonchev–Trinajstić information content (AvgIpc) is 2.88. The molecule has 3 rings (SSSR count). The Kier molecular flexibility index (Phi) is 4.74. The molecule has 2 aromatic rings. The fraction of sp³-hybridized carbons (Fsp3) is 0.300. The number of ether oxygens (including phenoxy) is 2. The summed E-state index contributed by atoms with van der Waals surface area (Å²) in [6.45, 7) is 6.69. The zero-order valence-electron chi connectivity index (χ0n) is 14.6. The lowest BCUT2D eigenvalue weighted by molar-refractivity contribution is 0.0595. The van der Waals surface area contributed by atoms with Crippen molar-refractivity contribution in [1.29, 1.82) is 0 Å². The lowest BCUT2D eigenvalue weighted by Crippen LogP contribution is -2.32. The number of rotatable bonds is 6. The van der Waals surface area contributed by atoms with E-state index >= 15 is 0 Å². The number of imide groups is 1. The SMILES string of the molecule is CCOc1ccc([C@@H](C)N2C(=O)c3ccccc3C2=O)cc1OCC. The van der Waals surface area contributed by atoms with Gasteiger partial charge in [-0.2, -0.15) is 0 Å². The topological polar surface area (TPSA) is 55.8 Å². The third-order valence-electron chi connectivity index (χ3n) is 4.26. The summed E-state index contributed by atoms with van der Waals surface area (Å²) in [7, 11) is 0. The first-order valence-corrected chi connectivity index (χ1v) is 8.44. The van der Waals surface area contributed by atoms with Gasteiger partial charge in [0, 0.05) is 0 Å². The summed E-state index contributed by atoms with van der Waals surface area (Å²) in [6, 6.07) is 12.0. The minimum absolute atomic E-state index is 0.264. The smallest absolute Gasteiger partial charge is 0.262 e. The molecule has 5 nitrogen and oxygen atoms in total. The van der Waals surface area contributed by atoms with Gasteiger partial charge in [0.05, 0.1) is 30.4 Å². The largest absolute Gasteiger partial charge is 0.490 e. The first-order valence-electron chi connectivity index (χ1n) is 8.44. The van der Waals surface area contributed by atoms with E-state index in [2.05, 4.69) is 0 Å². The molecule has 2 aromatic carbocycles. The number of amides is 2. The molecule has 0 saturated carbocycles. The van der Waals surface area contributed by atoms with Crippen LogP contribution in [0.3, 0.4) is 0 Å². The molecular formula is C20H21NO4. The van der Waals surface area contributed by atoms with Crippen molar-refractivity contribution in [3.05, 3.63) is 59.2 Å². The maximum atomic E-state index is 12.7. The van der Waals surface area contributed by atoms with Gasteiger partial charge in [-0.25, -0.2) is 0 Å². The highest BCUT2D eigenvalue weighted by atomic mass is 16.5. The van der Waals surface area contributed by atoms with Gasteiger partial charge in [-0.3, -0.25) is 14.5 Å². The Labute approximate surface area is 147 Å². The molecule has 0 aromatic heterocycles. The van der Waals surface area contributed by atoms with Crippen molar-refractivity contribution < 1.29 is 19.1 Å². The number of carbonyl (C=O) groups excluding carboxylic acids is 2. The molecule has 1 aliphatic rings. The van der Waals surface area contributed by atoms with Crippen molar-refractivity contribution in [1.82, 2.24) is 4.90 Å². The highest BCUT2D eigenvalue weighted by molar-refractivity contribution is 6.21. The minimum Gasteiger partial charge on any atom is -0.490 e. The maximum Gasteiger partial charge on any atom is 0.262 e. The molecule has 5 heteroatoms. The van der Waals surface area contributed by atoms with Crippen LogP contribution in [0.1, 0.15) is 53.1 Å². The van der Waals surface area contributed by atoms with Crippen LogP contribution in [0.2, 0.25) is 0 Å². The molecule has 130 valence electrons. The standard InChI is InChI=1S/C20H21NO4/c1-4-24-17-11-10-14(12-18(17)25-5-2)13(3)21-19(22)15-8-6-7-9-16(15)20(21)23/h6-13H,4-5H2,1-3H3/t13-/m1/s1. The van der Waals surface area contributed by atoms with Crippen LogP contribution in [0.25, 0.3) is 0 Å². The lowest BCUT2D eigenvalue weighted by atomic mass is 10.1. The van der Waals surface area contributed by atoms with Crippen LogP contribution in [0.4, 0.5) is 0 Å². The molecule has 0 N–H and O–H groups in total. The van der Waals surface area contributed by atoms with Crippen LogP contribution < -0.4 is 9.47 Å². The molecule has 0 fully saturated rings. The highest BCUT2D eigenvalue weighted by Crippen LogP contribution is 2.35. The van der Waals surface area contributed by atoms with Crippen LogP contribution in [-0.2, 0) is 0 Å². The van der Waals surface area contributed by atoms with Crippen LogP contribution in [0, 0.1) is 0 Å². The molecule has 0 bridgehead atoms. The number of fused-ring (bicyclic) bond motifs is 1. The first kappa shape index (κ1) is 17.0. The normalized spacial score (nSPS) is 14.4. The minimum atomic E-state index is -0.401. The lowest BCUT2D eigenvalue weighted by Gasteiger charge is -2.24. The van der Waals surface area contributed by atoms with Gasteiger partial charge >= 0.3 is 0 Å². The third-order valence-corrected chi connectivity index (χ3v) is 4.26. The molecule has 0 aliphatic carbocycles. The van der Waals surface area contributed by atoms with E-state index in [9.17, 15) is 9.59 Å². The second-order valence-electron chi connectivity index (χ2n) is 5.77. The van der Waals surface area contributed by atoms with Gasteiger partial charge in [0.2, 0.25) is 0 Å². The van der Waals surface area contributed by atoms with Gasteiger partial charge in [0.15, 0.2) is 11.5 Å². The fourth-order valence-electron chi connectivity index (χ4n) is 3.04. The van der Waals surface area contributed by atoms with E-state index in [0.29, 0.717) is 35.8 Å². The maximum absolute atomic E-state index is 12.7. The zero-order chi connectivity index (χ0) is 18.0. The second-order valence-corrected chi connectivity index (χ2v) is 5.77. The van der Waals surface area contributed by atoms with Crippen LogP contribution in [0.5, 0.6) is 11.5 Å². The van der Waals surface area contributed by atoms with Crippen molar-refractivity contribution in [3.63, 3.8) is 0 Å². The summed E-state index contributed by atoms with van der Waals surface area (Å²) in [5, 5.41) is 0. The Morgan fingerprint density at radius 1 is 0.880 bits per heavy atom. The average molecular weight is 339 g/mol. The van der Waals surface area contributed by atoms with Crippen molar-refractivity contribution in [2.45, 2.75) is 26.8 Å². The predicted molar refractivity (Wildman–Crippen MR) is 94.1 cm³/mol. The van der Waals surface area contributed by atoms with E-state index < -0.39 is 6.04 Å². The third kappa shape index (κ3) is 2.97. The monoisotopic (exact) mass is 339 g/mol. The van der Waals surface area contributed by atoms with Crippen molar-refractivity contribution in [3.8, 4) is 11.5 Å². The number of nitrogens with zero attached hydrogens (tertiary/aromatic N) is 1. The zero-order valence-corrected chi connectivity index (χ0v) is 14.6. The Hall–Kier alpha value is -2.82. The van der Waals surface area contributed by atoms with E-state index in [4.69, 9.17) is 9.47 Å². The van der Waals surface area contributed by atoms with Gasteiger partial charge in [-0.05, 0) is 50.6 Å². The molecule has 0 spiro atoms. The summed E-state index contributed by atoms with van der Waals surface area (Å²) in [6.07, 6.45) is 0. The second kappa shape index (κ2) is 6.97. The van der Waals surface area contributed by atoms with Crippen LogP contribution >= 0.6 is 0 Å². The summed E-state index contributed by atoms with van der Waals surface area (Å²) >= 11 is 0. The molecular weight excluding hydrogens is 318 g/mol. The number of benzene rings is 2. The van der Waals surface area contributed by atoms with Crippen LogP contribution in [0.15, 0.2) is 42.5 Å². The Morgan fingerprint density at radius 3 is 2.00 bits per heavy atom. The molecule has 1 atom stereocenters. The molecule has 0 saturated heterocycles. The molecule has 25 heavy (non-hydrogen) atoms. The van der Waals surface area contributed by atoms with E-state index in [0.717, 1.165) is 5.56 Å². The van der Waals surface area contributed by atoms with E-state index in [-0.39, 0.29) is 11.8 Å². The summed E-state index contributed by atoms with van der Waals surface area (Å²) in [5.74, 6) is 0.743. The van der Waals surface area contributed by atoms with Crippen LogP contribution in [-0.4, -0.2) is 29.9 Å². The van der Waals surface area contributed by atoms with Gasteiger partial charge in [0.1, 0.15) is 0 Å². The quantitative estimate of drug-likeness (QED) is 0.750. The van der Waals surface area contributed by atoms with Gasteiger partial charge < -0.3 is 9.47 Å². The van der Waals surface area contributed by atoms with Crippen molar-refractivity contribution in [2.75, 3.05) is 13.2 Å². The Bertz CT molecular complexity index is 780. The summed E-state index contributed by atoms with van der Waals surface area (Å²) in [4.78, 5) is 26.6. The van der Waals surface area contributed by atoms with Gasteiger partial charge in [-0.1, -0.05) is 18.2 Å². The van der Waals surface area contributed by atoms with E-state index in [1.54, 1.807) is 24.3 Å². The van der Waals surface area contributed by atoms with Crippen molar-refractivity contribution >= 4 is 11.8 Å². The molecule has 1 heterocycles. The Balaban J connectivity index is 1.94. The summed E-state index contributed by atoms with van der Waals surface area (Å²) in [5.41, 5.74) is 1.73. The van der Waals surface area contributed by atoms with Gasteiger partial charge in [-0.15, -0.1) is 0 Å². The van der Waals surface area contributed by atoms with E-state index in [1.165, 1.54) is 4.90 Å². The number of hydrogen-bond donors (Lipinski definition) is 0. The van der Waals surface area contributed by atoms with E-state index in [1.807, 2.05) is 39.0 Å². The predicted octanol–water partition coefficient (Wildman–Crippen LogP) is 3.84. The molecule has 0 unspecified atom stereocenters. The van der Waals surface area contributed by atoms with Crippen molar-refractivity contribution in [2.24, 2.45) is 0 Å². The molecule has 2 amide bonds. The first-order chi connectivity index (χ1) is 12.1. The highest BCUT2D eigenvalue weighted by Gasteiger charge is 2.38. The number of hydrogen-bond acceptors (Lipinski definition) is 4. The number of carbonyl (C=O) groups is 2. The fourth-order valence-corrected chi connectivity index (χ4v) is 3.04. The van der Waals surface area contributed by atoms with Gasteiger partial charge in [0.25, 0.3) is 11.8 Å². The summed E-state index contributed by atoms with van der Waals surface area (Å²) < 4.78 is 11.2.